The van der Waals surface area contributed by atoms with Crippen molar-refractivity contribution in [3.63, 3.8) is 0 Å². The van der Waals surface area contributed by atoms with E-state index >= 15 is 0 Å². The summed E-state index contributed by atoms with van der Waals surface area (Å²) in [6.07, 6.45) is 6.70. The first kappa shape index (κ1) is 17.0. The monoisotopic (exact) mass is 363 g/mol. The molecule has 3 aromatic rings. The molecule has 138 valence electrons. The summed E-state index contributed by atoms with van der Waals surface area (Å²) in [5.41, 5.74) is 1.52. The van der Waals surface area contributed by atoms with E-state index in [0.717, 1.165) is 43.4 Å². The summed E-state index contributed by atoms with van der Waals surface area (Å²) in [5.74, 6) is 1.77. The number of hydrogen-bond donors (Lipinski definition) is 2. The van der Waals surface area contributed by atoms with Crippen LogP contribution in [0.3, 0.4) is 0 Å². The highest BCUT2D eigenvalue weighted by Gasteiger charge is 2.21. The number of nitrogens with one attached hydrogen (secondary N) is 2. The average Bonchev–Trinajstić information content (AvgIpc) is 3.28. The third kappa shape index (κ3) is 3.89. The zero-order valence-corrected chi connectivity index (χ0v) is 14.9. The Morgan fingerprint density at radius 3 is 2.59 bits per heavy atom. The van der Waals surface area contributed by atoms with Gasteiger partial charge in [-0.05, 0) is 18.2 Å². The van der Waals surface area contributed by atoms with Crippen molar-refractivity contribution in [3.05, 3.63) is 66.2 Å². The Balaban J connectivity index is 1.40. The molecule has 0 spiro atoms. The van der Waals surface area contributed by atoms with Crippen LogP contribution in [0.2, 0.25) is 0 Å². The maximum absolute atomic E-state index is 12.1. The van der Waals surface area contributed by atoms with Gasteiger partial charge < -0.3 is 15.1 Å². The predicted molar refractivity (Wildman–Crippen MR) is 103 cm³/mol. The van der Waals surface area contributed by atoms with Crippen LogP contribution < -0.4 is 15.1 Å². The topological polar surface area (TPSA) is 90.0 Å². The van der Waals surface area contributed by atoms with Crippen molar-refractivity contribution in [2.45, 2.75) is 6.54 Å². The number of hydrogen-bond acceptors (Lipinski definition) is 6. The minimum Gasteiger partial charge on any atom is -0.353 e. The van der Waals surface area contributed by atoms with Crippen molar-refractivity contribution >= 4 is 17.5 Å². The predicted octanol–water partition coefficient (Wildman–Crippen LogP) is 1.46. The van der Waals surface area contributed by atoms with Crippen molar-refractivity contribution in [1.29, 1.82) is 0 Å². The molecular formula is C19H21N7O. The lowest BCUT2D eigenvalue weighted by atomic mass is 10.2. The molecule has 2 N–H and O–H groups in total. The van der Waals surface area contributed by atoms with Crippen LogP contribution in [0.4, 0.5) is 11.6 Å². The van der Waals surface area contributed by atoms with Crippen molar-refractivity contribution < 1.29 is 4.79 Å². The molecule has 8 heteroatoms. The number of piperazine rings is 1. The molecule has 0 atom stereocenters. The second-order valence-electron chi connectivity index (χ2n) is 6.32. The van der Waals surface area contributed by atoms with Gasteiger partial charge in [0, 0.05) is 56.9 Å². The van der Waals surface area contributed by atoms with E-state index < -0.39 is 0 Å². The summed E-state index contributed by atoms with van der Waals surface area (Å²) in [5, 5.41) is 9.38. The minimum absolute atomic E-state index is 0.154. The molecule has 3 aromatic heterocycles. The fraction of sp³-hybridized carbons (Fsp3) is 0.263. The van der Waals surface area contributed by atoms with Gasteiger partial charge in [-0.15, -0.1) is 0 Å². The van der Waals surface area contributed by atoms with Gasteiger partial charge in [0.25, 0.3) is 5.91 Å². The molecule has 1 fully saturated rings. The maximum atomic E-state index is 12.1. The van der Waals surface area contributed by atoms with Gasteiger partial charge in [0.15, 0.2) is 0 Å². The largest absolute Gasteiger partial charge is 0.353 e. The third-order valence-corrected chi connectivity index (χ3v) is 4.62. The van der Waals surface area contributed by atoms with Gasteiger partial charge in [-0.25, -0.2) is 9.97 Å². The van der Waals surface area contributed by atoms with Gasteiger partial charge >= 0.3 is 0 Å². The normalized spacial score (nSPS) is 14.2. The van der Waals surface area contributed by atoms with E-state index in [9.17, 15) is 4.79 Å². The van der Waals surface area contributed by atoms with Crippen LogP contribution in [0.5, 0.6) is 0 Å². The number of rotatable bonds is 5. The number of aromatic amines is 1. The van der Waals surface area contributed by atoms with Crippen LogP contribution in [0.1, 0.15) is 15.9 Å². The first-order valence-corrected chi connectivity index (χ1v) is 8.93. The highest BCUT2D eigenvalue weighted by Crippen LogP contribution is 2.21. The summed E-state index contributed by atoms with van der Waals surface area (Å²) in [4.78, 5) is 25.7. The molecule has 1 aliphatic heterocycles. The minimum atomic E-state index is -0.154. The summed E-state index contributed by atoms with van der Waals surface area (Å²) in [6.45, 7) is 3.91. The SMILES string of the molecule is O=C(NCc1cccnc1N1CCN(c2ccccn2)CC1)c1cn[nH]c1. The van der Waals surface area contributed by atoms with Crippen LogP contribution in [0.25, 0.3) is 0 Å². The lowest BCUT2D eigenvalue weighted by Crippen LogP contribution is -2.47. The summed E-state index contributed by atoms with van der Waals surface area (Å²) >= 11 is 0. The molecule has 0 aromatic carbocycles. The van der Waals surface area contributed by atoms with Crippen molar-refractivity contribution in [2.75, 3.05) is 36.0 Å². The molecule has 4 heterocycles. The Bertz CT molecular complexity index is 874. The summed E-state index contributed by atoms with van der Waals surface area (Å²) < 4.78 is 0. The lowest BCUT2D eigenvalue weighted by molar-refractivity contribution is 0.0951. The summed E-state index contributed by atoms with van der Waals surface area (Å²) in [7, 11) is 0. The molecule has 1 aliphatic rings. The Morgan fingerprint density at radius 2 is 1.85 bits per heavy atom. The average molecular weight is 363 g/mol. The first-order valence-electron chi connectivity index (χ1n) is 8.93. The maximum Gasteiger partial charge on any atom is 0.254 e. The number of anilines is 2. The lowest BCUT2D eigenvalue weighted by Gasteiger charge is -2.36. The number of carbonyl (C=O) groups excluding carboxylic acids is 1. The van der Waals surface area contributed by atoms with Crippen LogP contribution in [0.15, 0.2) is 55.1 Å². The van der Waals surface area contributed by atoms with E-state index in [1.807, 2.05) is 36.5 Å². The zero-order valence-electron chi connectivity index (χ0n) is 14.9. The molecule has 0 unspecified atom stereocenters. The molecule has 4 rings (SSSR count). The molecule has 0 radical (unpaired) electrons. The number of aromatic nitrogens is 4. The molecule has 27 heavy (non-hydrogen) atoms. The van der Waals surface area contributed by atoms with Gasteiger partial charge in [-0.1, -0.05) is 12.1 Å². The summed E-state index contributed by atoms with van der Waals surface area (Å²) in [6, 6.07) is 9.87. The fourth-order valence-electron chi connectivity index (χ4n) is 3.19. The molecule has 0 aliphatic carbocycles. The Morgan fingerprint density at radius 1 is 1.04 bits per heavy atom. The molecule has 1 saturated heterocycles. The third-order valence-electron chi connectivity index (χ3n) is 4.62. The van der Waals surface area contributed by atoms with Gasteiger partial charge in [0.1, 0.15) is 11.6 Å². The molecule has 0 bridgehead atoms. The van der Waals surface area contributed by atoms with E-state index in [1.54, 1.807) is 12.4 Å². The second-order valence-corrected chi connectivity index (χ2v) is 6.32. The van der Waals surface area contributed by atoms with Crippen LogP contribution in [-0.2, 0) is 6.54 Å². The van der Waals surface area contributed by atoms with Crippen LogP contribution in [-0.4, -0.2) is 52.3 Å². The van der Waals surface area contributed by atoms with E-state index in [0.29, 0.717) is 12.1 Å². The first-order chi connectivity index (χ1) is 13.3. The van der Waals surface area contributed by atoms with Gasteiger partial charge in [-0.3, -0.25) is 9.89 Å². The quantitative estimate of drug-likeness (QED) is 0.713. The van der Waals surface area contributed by atoms with Gasteiger partial charge in [0.05, 0.1) is 11.8 Å². The van der Waals surface area contributed by atoms with Gasteiger partial charge in [0.2, 0.25) is 0 Å². The molecular weight excluding hydrogens is 342 g/mol. The van der Waals surface area contributed by atoms with E-state index in [2.05, 4.69) is 35.3 Å². The highest BCUT2D eigenvalue weighted by molar-refractivity contribution is 5.93. The van der Waals surface area contributed by atoms with E-state index in [-0.39, 0.29) is 5.91 Å². The zero-order chi connectivity index (χ0) is 18.5. The Kier molecular flexibility index (Phi) is 4.95. The Hall–Kier alpha value is -3.42. The standard InChI is InChI=1S/C19H21N7O/c27-19(16-13-23-24-14-16)22-12-15-4-3-7-21-18(15)26-10-8-25(9-11-26)17-5-1-2-6-20-17/h1-7,13-14H,8-12H2,(H,22,27)(H,23,24). The molecule has 0 saturated carbocycles. The molecule has 8 nitrogen and oxygen atoms in total. The number of pyridine rings is 2. The number of amides is 1. The van der Waals surface area contributed by atoms with Gasteiger partial charge in [-0.2, -0.15) is 5.10 Å². The number of nitrogens with zero attached hydrogens (tertiary/aromatic N) is 5. The van der Waals surface area contributed by atoms with Crippen LogP contribution in [0, 0.1) is 0 Å². The van der Waals surface area contributed by atoms with Crippen molar-refractivity contribution in [2.24, 2.45) is 0 Å². The Labute approximate surface area is 157 Å². The highest BCUT2D eigenvalue weighted by atomic mass is 16.1. The number of H-pyrrole nitrogens is 1. The van der Waals surface area contributed by atoms with E-state index in [4.69, 9.17) is 0 Å². The van der Waals surface area contributed by atoms with Crippen molar-refractivity contribution in [3.8, 4) is 0 Å². The van der Waals surface area contributed by atoms with Crippen molar-refractivity contribution in [1.82, 2.24) is 25.5 Å². The second kappa shape index (κ2) is 7.86. The van der Waals surface area contributed by atoms with Crippen LogP contribution >= 0.6 is 0 Å². The van der Waals surface area contributed by atoms with E-state index in [1.165, 1.54) is 6.20 Å². The fourth-order valence-corrected chi connectivity index (χ4v) is 3.19. The smallest absolute Gasteiger partial charge is 0.254 e. The molecule has 1 amide bonds. The number of carbonyl (C=O) groups is 1.